The highest BCUT2D eigenvalue weighted by Gasteiger charge is 2.19. The van der Waals surface area contributed by atoms with E-state index in [0.717, 1.165) is 5.56 Å². The number of hydrogen-bond donors (Lipinski definition) is 0. The van der Waals surface area contributed by atoms with E-state index in [9.17, 15) is 0 Å². The molecule has 1 aromatic carbocycles. The van der Waals surface area contributed by atoms with Crippen molar-refractivity contribution in [2.75, 3.05) is 7.05 Å². The maximum atomic E-state index is 6.35. The molecule has 3 heterocycles. The normalized spacial score (nSPS) is 12.1. The van der Waals surface area contributed by atoms with E-state index in [1.807, 2.05) is 13.0 Å². The molecule has 0 N–H and O–H groups in total. The third kappa shape index (κ3) is 3.16. The fourth-order valence-corrected chi connectivity index (χ4v) is 3.56. The van der Waals surface area contributed by atoms with Gasteiger partial charge in [-0.2, -0.15) is 5.10 Å². The molecule has 0 spiro atoms. The number of fused-ring (bicyclic) bond motifs is 1. The summed E-state index contributed by atoms with van der Waals surface area (Å²) in [6.07, 6.45) is 1.64. The molecule has 0 atom stereocenters. The van der Waals surface area contributed by atoms with Crippen LogP contribution in [0, 0.1) is 6.92 Å². The lowest BCUT2D eigenvalue weighted by Gasteiger charge is -2.09. The highest BCUT2D eigenvalue weighted by molar-refractivity contribution is 9.10. The summed E-state index contributed by atoms with van der Waals surface area (Å²) in [4.78, 5) is 13.2. The van der Waals surface area contributed by atoms with Crippen LogP contribution in [0.4, 0.5) is 0 Å². The van der Waals surface area contributed by atoms with Crippen molar-refractivity contribution in [1.82, 2.24) is 19.7 Å². The van der Waals surface area contributed by atoms with Crippen molar-refractivity contribution in [2.45, 2.75) is 6.92 Å². The van der Waals surface area contributed by atoms with E-state index in [4.69, 9.17) is 27.6 Å². The number of aromatic nitrogens is 4. The summed E-state index contributed by atoms with van der Waals surface area (Å²) >= 11 is 16.0. The first kappa shape index (κ1) is 18.2. The minimum atomic E-state index is 0.327. The molecular weight excluding hydrogens is 453 g/mol. The minimum Gasteiger partial charge on any atom is -0.418 e. The average Bonchev–Trinajstić information content (AvgIpc) is 3.05. The van der Waals surface area contributed by atoms with Crippen molar-refractivity contribution in [3.05, 3.63) is 62.3 Å². The quantitative estimate of drug-likeness (QED) is 0.419. The maximum Gasteiger partial charge on any atom is 0.248 e. The zero-order chi connectivity index (χ0) is 19.1. The molecule has 0 aliphatic carbocycles. The fraction of sp³-hybridized carbons (Fsp3) is 0.111. The Morgan fingerprint density at radius 3 is 2.74 bits per heavy atom. The van der Waals surface area contributed by atoms with E-state index in [2.05, 4.69) is 36.0 Å². The third-order valence-electron chi connectivity index (χ3n) is 3.99. The zero-order valence-electron chi connectivity index (χ0n) is 14.2. The second-order valence-corrected chi connectivity index (χ2v) is 7.34. The van der Waals surface area contributed by atoms with Gasteiger partial charge in [-0.25, -0.2) is 14.6 Å². The molecule has 9 heteroatoms. The van der Waals surface area contributed by atoms with Gasteiger partial charge in [0, 0.05) is 19.3 Å². The molecular formula is C18H12BrCl2N5O. The van der Waals surface area contributed by atoms with Crippen LogP contribution in [0.5, 0.6) is 0 Å². The summed E-state index contributed by atoms with van der Waals surface area (Å²) < 4.78 is 8.13. The summed E-state index contributed by atoms with van der Waals surface area (Å²) in [6, 6.07) is 8.98. The molecule has 4 aromatic rings. The van der Waals surface area contributed by atoms with Gasteiger partial charge in [-0.05, 0) is 46.6 Å². The molecule has 0 saturated carbocycles. The number of hydrogen-bond acceptors (Lipinski definition) is 5. The molecule has 0 aliphatic rings. The molecule has 0 unspecified atom stereocenters. The Kier molecular flexibility index (Phi) is 4.75. The number of nitrogens with zero attached hydrogens (tertiary/aromatic N) is 5. The Hall–Kier alpha value is -2.22. The summed E-state index contributed by atoms with van der Waals surface area (Å²) in [6.45, 7) is 1.96. The maximum absolute atomic E-state index is 6.35. The van der Waals surface area contributed by atoms with Gasteiger partial charge >= 0.3 is 0 Å². The fourth-order valence-electron chi connectivity index (χ4n) is 2.75. The Morgan fingerprint density at radius 2 is 2.00 bits per heavy atom. The van der Waals surface area contributed by atoms with Gasteiger partial charge in [0.15, 0.2) is 5.82 Å². The van der Waals surface area contributed by atoms with Crippen molar-refractivity contribution in [1.29, 1.82) is 0 Å². The second kappa shape index (κ2) is 7.07. The van der Waals surface area contributed by atoms with Crippen LogP contribution in [-0.2, 0) is 0 Å². The Bertz CT molecular complexity index is 1250. The van der Waals surface area contributed by atoms with Crippen molar-refractivity contribution in [3.8, 4) is 17.4 Å². The van der Waals surface area contributed by atoms with Gasteiger partial charge in [0.25, 0.3) is 0 Å². The number of rotatable bonds is 2. The number of pyridine rings is 1. The lowest BCUT2D eigenvalue weighted by atomic mass is 10.1. The predicted octanol–water partition coefficient (Wildman–Crippen LogP) is 4.98. The summed E-state index contributed by atoms with van der Waals surface area (Å²) in [7, 11) is 1.64. The molecule has 0 fully saturated rings. The second-order valence-electron chi connectivity index (χ2n) is 5.71. The van der Waals surface area contributed by atoms with E-state index >= 15 is 0 Å². The Morgan fingerprint density at radius 1 is 1.19 bits per heavy atom. The first-order chi connectivity index (χ1) is 13.0. The Balaban J connectivity index is 2.06. The Labute approximate surface area is 172 Å². The molecule has 136 valence electrons. The van der Waals surface area contributed by atoms with Crippen LogP contribution >= 0.6 is 39.1 Å². The third-order valence-corrected chi connectivity index (χ3v) is 4.99. The van der Waals surface area contributed by atoms with Crippen LogP contribution in [-0.4, -0.2) is 26.8 Å². The van der Waals surface area contributed by atoms with E-state index in [-0.39, 0.29) is 0 Å². The zero-order valence-corrected chi connectivity index (χ0v) is 17.3. The van der Waals surface area contributed by atoms with Crippen molar-refractivity contribution < 1.29 is 4.42 Å². The van der Waals surface area contributed by atoms with Crippen LogP contribution in [0.1, 0.15) is 5.56 Å². The number of benzene rings is 1. The lowest BCUT2D eigenvalue weighted by molar-refractivity contribution is 0.497. The van der Waals surface area contributed by atoms with Crippen molar-refractivity contribution in [3.63, 3.8) is 0 Å². The van der Waals surface area contributed by atoms with Gasteiger partial charge in [-0.3, -0.25) is 4.99 Å². The number of aryl methyl sites for hydroxylation is 1. The van der Waals surface area contributed by atoms with Crippen LogP contribution in [0.25, 0.3) is 28.3 Å². The lowest BCUT2D eigenvalue weighted by Crippen LogP contribution is -2.09. The molecule has 3 aromatic heterocycles. The summed E-state index contributed by atoms with van der Waals surface area (Å²) in [5.74, 6) is 0.795. The van der Waals surface area contributed by atoms with Gasteiger partial charge in [0.2, 0.25) is 11.4 Å². The van der Waals surface area contributed by atoms with Crippen LogP contribution < -0.4 is 5.55 Å². The molecule has 4 rings (SSSR count). The van der Waals surface area contributed by atoms with E-state index in [1.165, 1.54) is 0 Å². The first-order valence-electron chi connectivity index (χ1n) is 7.89. The largest absolute Gasteiger partial charge is 0.418 e. The summed E-state index contributed by atoms with van der Waals surface area (Å²) in [5, 5.41) is 6.08. The van der Waals surface area contributed by atoms with Crippen molar-refractivity contribution in [2.24, 2.45) is 4.99 Å². The standard InChI is InChI=1S/C18H12BrCl2N5O/c1-9-5-6-10(20)14-15(9)24-17(27-18(14)22-2)12-8-13(19)25-26(12)16-11(21)4-3-7-23-16/h3-8H,1-2H3. The van der Waals surface area contributed by atoms with Crippen LogP contribution in [0.15, 0.2) is 50.5 Å². The number of halogens is 3. The minimum absolute atomic E-state index is 0.327. The monoisotopic (exact) mass is 463 g/mol. The molecule has 0 amide bonds. The molecule has 0 aliphatic heterocycles. The smallest absolute Gasteiger partial charge is 0.248 e. The molecule has 27 heavy (non-hydrogen) atoms. The van der Waals surface area contributed by atoms with Crippen molar-refractivity contribution >= 4 is 50.0 Å². The van der Waals surface area contributed by atoms with Gasteiger partial charge in [0.05, 0.1) is 20.9 Å². The van der Waals surface area contributed by atoms with Gasteiger partial charge in [0.1, 0.15) is 10.3 Å². The SMILES string of the molecule is CN=c1oc(-c2cc(Br)nn2-c2ncccc2Cl)nc2c(C)ccc(Cl)c12. The van der Waals surface area contributed by atoms with E-state index in [0.29, 0.717) is 48.5 Å². The molecule has 0 saturated heterocycles. The first-order valence-corrected chi connectivity index (χ1v) is 9.44. The van der Waals surface area contributed by atoms with E-state index < -0.39 is 0 Å². The van der Waals surface area contributed by atoms with Crippen LogP contribution in [0.3, 0.4) is 0 Å². The molecule has 6 nitrogen and oxygen atoms in total. The predicted molar refractivity (Wildman–Crippen MR) is 108 cm³/mol. The molecule has 0 bridgehead atoms. The van der Waals surface area contributed by atoms with Gasteiger partial charge in [-0.15, -0.1) is 0 Å². The van der Waals surface area contributed by atoms with E-state index in [1.54, 1.807) is 42.2 Å². The highest BCUT2D eigenvalue weighted by Crippen LogP contribution is 2.29. The van der Waals surface area contributed by atoms with Crippen LogP contribution in [0.2, 0.25) is 10.0 Å². The summed E-state index contributed by atoms with van der Waals surface area (Å²) in [5.41, 5.74) is 2.63. The molecule has 0 radical (unpaired) electrons. The highest BCUT2D eigenvalue weighted by atomic mass is 79.9. The van der Waals surface area contributed by atoms with Gasteiger partial charge in [-0.1, -0.05) is 29.3 Å². The van der Waals surface area contributed by atoms with Gasteiger partial charge < -0.3 is 4.42 Å². The topological polar surface area (TPSA) is 69.1 Å². The average molecular weight is 465 g/mol.